The van der Waals surface area contributed by atoms with E-state index in [0.29, 0.717) is 30.9 Å². The molecule has 152 valence electrons. The molecule has 2 aliphatic heterocycles. The van der Waals surface area contributed by atoms with E-state index >= 15 is 0 Å². The van der Waals surface area contributed by atoms with Gasteiger partial charge in [-0.25, -0.2) is 9.99 Å². The Morgan fingerprint density at radius 3 is 2.47 bits per heavy atom. The molecule has 30 heavy (non-hydrogen) atoms. The zero-order valence-electron chi connectivity index (χ0n) is 16.5. The van der Waals surface area contributed by atoms with E-state index in [4.69, 9.17) is 0 Å². The van der Waals surface area contributed by atoms with Crippen LogP contribution >= 0.6 is 11.3 Å². The first-order valence-electron chi connectivity index (χ1n) is 10.3. The number of hydrogen-bond donors (Lipinski definition) is 0. The molecule has 1 fully saturated rings. The fraction of sp³-hybridized carbons (Fsp3) is 0.304. The van der Waals surface area contributed by atoms with Gasteiger partial charge in [-0.05, 0) is 30.5 Å². The lowest BCUT2D eigenvalue weighted by atomic mass is 9.94. The predicted molar refractivity (Wildman–Crippen MR) is 117 cm³/mol. The topological polar surface area (TPSA) is 65.9 Å². The van der Waals surface area contributed by atoms with Gasteiger partial charge in [-0.15, -0.1) is 11.3 Å². The molecule has 1 aromatic heterocycles. The summed E-state index contributed by atoms with van der Waals surface area (Å²) in [6.07, 6.45) is 3.87. The third-order valence-corrected chi connectivity index (χ3v) is 6.87. The number of carbonyl (C=O) groups is 2. The number of hydrogen-bond acceptors (Lipinski definition) is 5. The zero-order chi connectivity index (χ0) is 20.5. The molecule has 1 unspecified atom stereocenters. The lowest BCUT2D eigenvalue weighted by Gasteiger charge is -2.33. The van der Waals surface area contributed by atoms with Gasteiger partial charge in [-0.2, -0.15) is 5.10 Å². The summed E-state index contributed by atoms with van der Waals surface area (Å²) in [5, 5.41) is 6.53. The van der Waals surface area contributed by atoms with Gasteiger partial charge in [0.25, 0.3) is 5.91 Å². The van der Waals surface area contributed by atoms with E-state index in [2.05, 4.69) is 10.1 Å². The Balaban J connectivity index is 1.23. The number of fused-ring (bicyclic) bond motifs is 1. The first-order chi connectivity index (χ1) is 14.7. The highest BCUT2D eigenvalue weighted by atomic mass is 32.1. The van der Waals surface area contributed by atoms with Crippen LogP contribution in [-0.2, 0) is 4.79 Å². The number of carbonyl (C=O) groups excluding carboxylic acids is 2. The van der Waals surface area contributed by atoms with Crippen LogP contribution in [0.25, 0.3) is 10.2 Å². The molecule has 1 saturated heterocycles. The Morgan fingerprint density at radius 1 is 0.967 bits per heavy atom. The summed E-state index contributed by atoms with van der Waals surface area (Å²) >= 11 is 1.43. The van der Waals surface area contributed by atoms with Crippen molar-refractivity contribution < 1.29 is 9.59 Å². The molecule has 6 nitrogen and oxygen atoms in total. The number of nitrogens with zero attached hydrogens (tertiary/aromatic N) is 4. The van der Waals surface area contributed by atoms with Crippen molar-refractivity contribution in [2.45, 2.75) is 25.3 Å². The summed E-state index contributed by atoms with van der Waals surface area (Å²) in [4.78, 5) is 32.3. The van der Waals surface area contributed by atoms with Gasteiger partial charge < -0.3 is 4.90 Å². The summed E-state index contributed by atoms with van der Waals surface area (Å²) in [5.41, 5.74) is 1.96. The minimum absolute atomic E-state index is 0.0268. The molecule has 0 saturated carbocycles. The number of piperidine rings is 1. The van der Waals surface area contributed by atoms with Crippen molar-refractivity contribution in [1.29, 1.82) is 0 Å². The molecule has 0 spiro atoms. The van der Waals surface area contributed by atoms with Gasteiger partial charge in [0, 0.05) is 31.6 Å². The molecule has 2 aromatic carbocycles. The third-order valence-electron chi connectivity index (χ3n) is 5.85. The highest BCUT2D eigenvalue weighted by Gasteiger charge is 2.35. The molecule has 0 radical (unpaired) electrons. The second-order valence-corrected chi connectivity index (χ2v) is 8.73. The number of thiazole rings is 1. The molecular formula is C23H22N4O2S. The molecule has 2 amide bonds. The van der Waals surface area contributed by atoms with E-state index in [9.17, 15) is 9.59 Å². The molecule has 0 bridgehead atoms. The van der Waals surface area contributed by atoms with Crippen molar-refractivity contribution >= 4 is 39.6 Å². The van der Waals surface area contributed by atoms with Crippen LogP contribution in [0.15, 0.2) is 59.7 Å². The van der Waals surface area contributed by atoms with Crippen LogP contribution in [0, 0.1) is 5.92 Å². The zero-order valence-corrected chi connectivity index (χ0v) is 17.3. The highest BCUT2D eigenvalue weighted by molar-refractivity contribution is 7.20. The quantitative estimate of drug-likeness (QED) is 0.643. The maximum absolute atomic E-state index is 13.1. The minimum Gasteiger partial charge on any atom is -0.337 e. The van der Waals surface area contributed by atoms with Gasteiger partial charge in [0.15, 0.2) is 5.01 Å². The minimum atomic E-state index is -0.106. The second kappa shape index (κ2) is 7.99. The standard InChI is InChI=1S/C23H22N4O2S/c28-22(27-19(10-13-24-27)16-6-2-1-3-7-16)17-11-14-26(15-12-17)23(29)21-25-18-8-4-5-9-20(18)30-21/h1-9,13,17,19H,10-12,14-15H2. The number of para-hydroxylation sites is 1. The van der Waals surface area contributed by atoms with Crippen molar-refractivity contribution in [2.24, 2.45) is 11.0 Å². The molecule has 7 heteroatoms. The molecule has 3 heterocycles. The van der Waals surface area contributed by atoms with E-state index in [-0.39, 0.29) is 23.8 Å². The first kappa shape index (κ1) is 18.9. The van der Waals surface area contributed by atoms with E-state index < -0.39 is 0 Å². The lowest BCUT2D eigenvalue weighted by Crippen LogP contribution is -2.43. The van der Waals surface area contributed by atoms with E-state index in [1.807, 2.05) is 65.7 Å². The Kier molecular flexibility index (Phi) is 5.04. The maximum Gasteiger partial charge on any atom is 0.282 e. The monoisotopic (exact) mass is 418 g/mol. The van der Waals surface area contributed by atoms with Gasteiger partial charge in [0.2, 0.25) is 5.91 Å². The van der Waals surface area contributed by atoms with Crippen molar-refractivity contribution in [3.05, 3.63) is 65.2 Å². The van der Waals surface area contributed by atoms with Crippen LogP contribution < -0.4 is 0 Å². The molecular weight excluding hydrogens is 396 g/mol. The molecule has 2 aliphatic rings. The summed E-state index contributed by atoms with van der Waals surface area (Å²) < 4.78 is 1.02. The van der Waals surface area contributed by atoms with Crippen LogP contribution in [0.3, 0.4) is 0 Å². The Hall–Kier alpha value is -3.06. The smallest absolute Gasteiger partial charge is 0.282 e. The average Bonchev–Trinajstić information content (AvgIpc) is 3.46. The van der Waals surface area contributed by atoms with E-state index in [1.54, 1.807) is 5.01 Å². The Labute approximate surface area is 178 Å². The maximum atomic E-state index is 13.1. The molecule has 3 aromatic rings. The summed E-state index contributed by atoms with van der Waals surface area (Å²) in [6.45, 7) is 1.14. The number of rotatable bonds is 3. The van der Waals surface area contributed by atoms with Gasteiger partial charge in [-0.1, -0.05) is 42.5 Å². The Morgan fingerprint density at radius 2 is 1.70 bits per heavy atom. The number of amides is 2. The van der Waals surface area contributed by atoms with Gasteiger partial charge in [0.1, 0.15) is 0 Å². The molecule has 5 rings (SSSR count). The number of likely N-dealkylation sites (tertiary alicyclic amines) is 1. The predicted octanol–water partition coefficient (Wildman–Crippen LogP) is 4.11. The lowest BCUT2D eigenvalue weighted by molar-refractivity contribution is -0.138. The SMILES string of the molecule is O=C(c1nc2ccccc2s1)N1CCC(C(=O)N2N=CCC2c2ccccc2)CC1. The second-order valence-electron chi connectivity index (χ2n) is 7.70. The third kappa shape index (κ3) is 3.50. The molecule has 0 N–H and O–H groups in total. The van der Waals surface area contributed by atoms with Gasteiger partial charge >= 0.3 is 0 Å². The van der Waals surface area contributed by atoms with E-state index in [1.165, 1.54) is 11.3 Å². The summed E-state index contributed by atoms with van der Waals surface area (Å²) in [5.74, 6) is -0.0842. The van der Waals surface area contributed by atoms with Crippen molar-refractivity contribution in [1.82, 2.24) is 14.9 Å². The van der Waals surface area contributed by atoms with Crippen molar-refractivity contribution in [3.8, 4) is 0 Å². The first-order valence-corrected chi connectivity index (χ1v) is 11.1. The summed E-state index contributed by atoms with van der Waals surface area (Å²) in [7, 11) is 0. The largest absolute Gasteiger partial charge is 0.337 e. The van der Waals surface area contributed by atoms with Crippen LogP contribution in [0.2, 0.25) is 0 Å². The summed E-state index contributed by atoms with van der Waals surface area (Å²) in [6, 6.07) is 17.8. The van der Waals surface area contributed by atoms with Crippen LogP contribution in [0.5, 0.6) is 0 Å². The normalized spacial score (nSPS) is 19.5. The van der Waals surface area contributed by atoms with Crippen LogP contribution in [0.4, 0.5) is 0 Å². The Bertz CT molecular complexity index is 1070. The van der Waals surface area contributed by atoms with Gasteiger partial charge in [0.05, 0.1) is 16.3 Å². The number of aromatic nitrogens is 1. The fourth-order valence-corrected chi connectivity index (χ4v) is 5.13. The molecule has 0 aliphatic carbocycles. The highest BCUT2D eigenvalue weighted by Crippen LogP contribution is 2.32. The number of benzene rings is 2. The number of hydrazone groups is 1. The van der Waals surface area contributed by atoms with Crippen LogP contribution in [-0.4, -0.2) is 46.0 Å². The molecule has 1 atom stereocenters. The fourth-order valence-electron chi connectivity index (χ4n) is 4.19. The van der Waals surface area contributed by atoms with Gasteiger partial charge in [-0.3, -0.25) is 9.59 Å². The van der Waals surface area contributed by atoms with Crippen molar-refractivity contribution in [2.75, 3.05) is 13.1 Å². The van der Waals surface area contributed by atoms with Crippen LogP contribution in [0.1, 0.15) is 40.7 Å². The van der Waals surface area contributed by atoms with Crippen molar-refractivity contribution in [3.63, 3.8) is 0 Å². The average molecular weight is 419 g/mol. The van der Waals surface area contributed by atoms with E-state index in [0.717, 1.165) is 22.2 Å².